The first-order chi connectivity index (χ1) is 10.5. The molecule has 0 bridgehead atoms. The van der Waals surface area contributed by atoms with Gasteiger partial charge in [-0.1, -0.05) is 17.7 Å². The van der Waals surface area contributed by atoms with Crippen LogP contribution in [0.3, 0.4) is 0 Å². The lowest BCUT2D eigenvalue weighted by Gasteiger charge is -2.29. The van der Waals surface area contributed by atoms with Gasteiger partial charge < -0.3 is 10.6 Å². The van der Waals surface area contributed by atoms with Gasteiger partial charge in [0.1, 0.15) is 17.9 Å². The third kappa shape index (κ3) is 2.95. The van der Waals surface area contributed by atoms with Crippen molar-refractivity contribution in [3.8, 4) is 0 Å². The molecule has 1 aromatic heterocycles. The first-order valence-electron chi connectivity index (χ1n) is 6.48. The summed E-state index contributed by atoms with van der Waals surface area (Å²) >= 11 is 7.03. The predicted molar refractivity (Wildman–Crippen MR) is 80.0 cm³/mol. The van der Waals surface area contributed by atoms with Crippen LogP contribution in [-0.4, -0.2) is 22.8 Å². The fourth-order valence-electron chi connectivity index (χ4n) is 2.23. The third-order valence-corrected chi connectivity index (χ3v) is 4.43. The van der Waals surface area contributed by atoms with Crippen molar-refractivity contribution in [3.05, 3.63) is 51.2 Å². The normalized spacial score (nSPS) is 21.4. The van der Waals surface area contributed by atoms with Crippen molar-refractivity contribution in [2.75, 3.05) is 0 Å². The van der Waals surface area contributed by atoms with E-state index < -0.39 is 17.9 Å². The van der Waals surface area contributed by atoms with Gasteiger partial charge in [-0.05, 0) is 17.7 Å². The molecule has 2 atom stereocenters. The number of benzene rings is 1. The molecule has 22 heavy (non-hydrogen) atoms. The second-order valence-corrected chi connectivity index (χ2v) is 6.19. The van der Waals surface area contributed by atoms with Crippen LogP contribution in [0.4, 0.5) is 4.39 Å². The molecular formula is C14H11ClFN3O2S. The lowest BCUT2D eigenvalue weighted by molar-refractivity contribution is -0.136. The molecule has 0 radical (unpaired) electrons. The van der Waals surface area contributed by atoms with Gasteiger partial charge in [0.25, 0.3) is 0 Å². The molecule has 1 aliphatic rings. The Bertz CT molecular complexity index is 723. The van der Waals surface area contributed by atoms with Gasteiger partial charge in [-0.15, -0.1) is 11.3 Å². The molecule has 2 N–H and O–H groups in total. The minimum absolute atomic E-state index is 0.0343. The molecule has 2 heterocycles. The number of hydrogen-bond acceptors (Lipinski definition) is 4. The van der Waals surface area contributed by atoms with Gasteiger partial charge in [0.05, 0.1) is 10.0 Å². The van der Waals surface area contributed by atoms with Crippen LogP contribution < -0.4 is 10.6 Å². The Labute approximate surface area is 134 Å². The Morgan fingerprint density at radius 3 is 2.77 bits per heavy atom. The number of aromatic nitrogens is 1. The van der Waals surface area contributed by atoms with Crippen LogP contribution in [0, 0.1) is 5.82 Å². The summed E-state index contributed by atoms with van der Waals surface area (Å²) in [7, 11) is 0. The number of hydrogen-bond donors (Lipinski definition) is 2. The van der Waals surface area contributed by atoms with Crippen molar-refractivity contribution in [2.45, 2.75) is 18.5 Å². The molecule has 3 rings (SSSR count). The van der Waals surface area contributed by atoms with Crippen molar-refractivity contribution >= 4 is 34.8 Å². The quantitative estimate of drug-likeness (QED) is 0.896. The van der Waals surface area contributed by atoms with E-state index in [2.05, 4.69) is 15.6 Å². The van der Waals surface area contributed by atoms with E-state index in [0.29, 0.717) is 12.0 Å². The van der Waals surface area contributed by atoms with Crippen LogP contribution in [-0.2, 0) is 16.0 Å². The number of nitrogens with one attached hydrogen (secondary N) is 2. The second kappa shape index (κ2) is 6.02. The highest BCUT2D eigenvalue weighted by Crippen LogP contribution is 2.22. The number of amides is 2. The van der Waals surface area contributed by atoms with Crippen LogP contribution in [0.15, 0.2) is 29.8 Å². The lowest BCUT2D eigenvalue weighted by atomic mass is 10.0. The van der Waals surface area contributed by atoms with E-state index in [-0.39, 0.29) is 16.8 Å². The molecule has 114 valence electrons. The van der Waals surface area contributed by atoms with E-state index in [4.69, 9.17) is 11.6 Å². The average molecular weight is 340 g/mol. The van der Waals surface area contributed by atoms with E-state index >= 15 is 0 Å². The number of nitrogens with zero attached hydrogens (tertiary/aromatic N) is 1. The highest BCUT2D eigenvalue weighted by molar-refractivity contribution is 7.09. The number of piperazine rings is 1. The number of rotatable bonds is 3. The van der Waals surface area contributed by atoms with Gasteiger partial charge in [0.2, 0.25) is 11.8 Å². The maximum atomic E-state index is 13.5. The Morgan fingerprint density at radius 1 is 1.27 bits per heavy atom. The van der Waals surface area contributed by atoms with Gasteiger partial charge in [0, 0.05) is 18.0 Å². The van der Waals surface area contributed by atoms with Crippen molar-refractivity contribution in [3.63, 3.8) is 0 Å². The number of carbonyl (C=O) groups is 2. The first-order valence-corrected chi connectivity index (χ1v) is 7.74. The van der Waals surface area contributed by atoms with Crippen LogP contribution in [0.2, 0.25) is 5.02 Å². The summed E-state index contributed by atoms with van der Waals surface area (Å²) in [5, 5.41) is 7.78. The highest BCUT2D eigenvalue weighted by Gasteiger charge is 2.35. The Balaban J connectivity index is 1.76. The zero-order chi connectivity index (χ0) is 15.7. The average Bonchev–Trinajstić information content (AvgIpc) is 2.98. The van der Waals surface area contributed by atoms with Gasteiger partial charge >= 0.3 is 0 Å². The molecule has 0 spiro atoms. The number of thiazole rings is 1. The summed E-state index contributed by atoms with van der Waals surface area (Å²) in [6, 6.07) is 2.41. The lowest BCUT2D eigenvalue weighted by Crippen LogP contribution is -2.58. The fourth-order valence-corrected chi connectivity index (χ4v) is 3.01. The van der Waals surface area contributed by atoms with Gasteiger partial charge in [-0.2, -0.15) is 0 Å². The maximum absolute atomic E-state index is 13.5. The van der Waals surface area contributed by atoms with E-state index in [1.54, 1.807) is 11.6 Å². The topological polar surface area (TPSA) is 71.1 Å². The van der Waals surface area contributed by atoms with Crippen molar-refractivity contribution in [1.29, 1.82) is 0 Å². The molecule has 2 unspecified atom stereocenters. The summed E-state index contributed by atoms with van der Waals surface area (Å²) < 4.78 is 13.5. The third-order valence-electron chi connectivity index (χ3n) is 3.32. The molecule has 1 aromatic carbocycles. The minimum atomic E-state index is -0.924. The first kappa shape index (κ1) is 14.9. The Morgan fingerprint density at radius 2 is 2.09 bits per heavy atom. The fraction of sp³-hybridized carbons (Fsp3) is 0.214. The van der Waals surface area contributed by atoms with Crippen molar-refractivity contribution < 1.29 is 14.0 Å². The van der Waals surface area contributed by atoms with Crippen LogP contribution >= 0.6 is 22.9 Å². The molecule has 1 fully saturated rings. The van der Waals surface area contributed by atoms with E-state index in [1.807, 2.05) is 0 Å². The summed E-state index contributed by atoms with van der Waals surface area (Å²) in [4.78, 5) is 28.4. The SMILES string of the molecule is O=C1NC(c2ccc(Cl)c(F)c2)C(=O)NC1Cc1nccs1. The van der Waals surface area contributed by atoms with Gasteiger partial charge in [-0.3, -0.25) is 9.59 Å². The molecule has 0 saturated carbocycles. The number of carbonyl (C=O) groups excluding carboxylic acids is 2. The molecule has 2 aromatic rings. The molecule has 5 nitrogen and oxygen atoms in total. The monoisotopic (exact) mass is 339 g/mol. The standard InChI is InChI=1S/C14H11ClFN3O2S/c15-8-2-1-7(5-9(8)16)12-14(21)18-10(13(20)19-12)6-11-17-3-4-22-11/h1-5,10,12H,6H2,(H,18,21)(H,19,20). The molecule has 1 aliphatic heterocycles. The van der Waals surface area contributed by atoms with Gasteiger partial charge in [-0.25, -0.2) is 9.37 Å². The van der Waals surface area contributed by atoms with E-state index in [0.717, 1.165) is 11.1 Å². The molecule has 1 saturated heterocycles. The van der Waals surface area contributed by atoms with Crippen molar-refractivity contribution in [1.82, 2.24) is 15.6 Å². The Kier molecular flexibility index (Phi) is 4.08. The summed E-state index contributed by atoms with van der Waals surface area (Å²) in [5.74, 6) is -1.34. The van der Waals surface area contributed by atoms with E-state index in [1.165, 1.54) is 23.5 Å². The van der Waals surface area contributed by atoms with Crippen LogP contribution in [0.5, 0.6) is 0 Å². The number of halogens is 2. The van der Waals surface area contributed by atoms with Crippen LogP contribution in [0.25, 0.3) is 0 Å². The summed E-state index contributed by atoms with van der Waals surface area (Å²) in [6.45, 7) is 0. The smallest absolute Gasteiger partial charge is 0.247 e. The van der Waals surface area contributed by atoms with Gasteiger partial charge in [0.15, 0.2) is 0 Å². The zero-order valence-corrected chi connectivity index (χ0v) is 12.7. The molecular weight excluding hydrogens is 329 g/mol. The maximum Gasteiger partial charge on any atom is 0.247 e. The highest BCUT2D eigenvalue weighted by atomic mass is 35.5. The summed E-state index contributed by atoms with van der Waals surface area (Å²) in [5.41, 5.74) is 0.348. The zero-order valence-electron chi connectivity index (χ0n) is 11.2. The largest absolute Gasteiger partial charge is 0.342 e. The van der Waals surface area contributed by atoms with Crippen LogP contribution in [0.1, 0.15) is 16.6 Å². The minimum Gasteiger partial charge on any atom is -0.342 e. The molecule has 2 amide bonds. The second-order valence-electron chi connectivity index (χ2n) is 4.81. The predicted octanol–water partition coefficient (Wildman–Crippen LogP) is 1.83. The summed E-state index contributed by atoms with van der Waals surface area (Å²) in [6.07, 6.45) is 1.97. The molecule has 0 aliphatic carbocycles. The molecule has 8 heteroatoms. The Hall–Kier alpha value is -1.99. The van der Waals surface area contributed by atoms with E-state index in [9.17, 15) is 14.0 Å². The van der Waals surface area contributed by atoms with Crippen molar-refractivity contribution in [2.24, 2.45) is 0 Å².